The number of nitrogens with one attached hydrogen (secondary N) is 1. The first-order chi connectivity index (χ1) is 16.0. The van der Waals surface area contributed by atoms with E-state index < -0.39 is 10.0 Å². The Kier molecular flexibility index (Phi) is 5.81. The maximum atomic E-state index is 11.7. The van der Waals surface area contributed by atoms with Crippen LogP contribution in [0.4, 0.5) is 5.69 Å². The van der Waals surface area contributed by atoms with Gasteiger partial charge in [0.25, 0.3) is 0 Å². The largest absolute Gasteiger partial charge is 0.489 e. The highest BCUT2D eigenvalue weighted by Crippen LogP contribution is 2.37. The number of hydrogen-bond donors (Lipinski definition) is 1. The van der Waals surface area contributed by atoms with Gasteiger partial charge in [0, 0.05) is 11.6 Å². The minimum Gasteiger partial charge on any atom is -0.489 e. The van der Waals surface area contributed by atoms with Gasteiger partial charge in [0.1, 0.15) is 18.2 Å². The standard InChI is InChI=1S/C26H27N3O3S/c1-33(30,31)28-21-13-16-25-24(17-21)27-26(29(25)22-9-5-6-10-22)20-11-14-23(15-12-20)32-18-19-7-3-2-4-8-19/h2-4,7-8,11-17,22,28H,5-6,9-10,18H2,1H3. The van der Waals surface area contributed by atoms with Crippen LogP contribution in [0.3, 0.4) is 0 Å². The van der Waals surface area contributed by atoms with E-state index in [1.54, 1.807) is 6.07 Å². The molecule has 1 saturated carbocycles. The summed E-state index contributed by atoms with van der Waals surface area (Å²) in [5.74, 6) is 1.72. The minimum absolute atomic E-state index is 0.396. The molecule has 5 rings (SSSR count). The number of sulfonamides is 1. The molecule has 1 heterocycles. The summed E-state index contributed by atoms with van der Waals surface area (Å²) in [5, 5.41) is 0. The van der Waals surface area contributed by atoms with E-state index in [1.165, 1.54) is 12.8 Å². The molecule has 170 valence electrons. The van der Waals surface area contributed by atoms with E-state index in [2.05, 4.69) is 9.29 Å². The lowest BCUT2D eigenvalue weighted by Gasteiger charge is -2.17. The number of benzene rings is 3. The molecule has 0 bridgehead atoms. The van der Waals surface area contributed by atoms with Gasteiger partial charge >= 0.3 is 0 Å². The van der Waals surface area contributed by atoms with Gasteiger partial charge < -0.3 is 9.30 Å². The summed E-state index contributed by atoms with van der Waals surface area (Å²) in [6.45, 7) is 0.525. The molecule has 3 aromatic carbocycles. The Morgan fingerprint density at radius 2 is 1.73 bits per heavy atom. The molecule has 1 aliphatic carbocycles. The van der Waals surface area contributed by atoms with Crippen LogP contribution < -0.4 is 9.46 Å². The number of anilines is 1. The van der Waals surface area contributed by atoms with E-state index in [0.717, 1.165) is 52.8 Å². The molecule has 33 heavy (non-hydrogen) atoms. The van der Waals surface area contributed by atoms with E-state index in [1.807, 2.05) is 66.7 Å². The molecule has 1 aromatic heterocycles. The molecule has 0 radical (unpaired) electrons. The first kappa shape index (κ1) is 21.5. The van der Waals surface area contributed by atoms with Crippen LogP contribution in [0.2, 0.25) is 0 Å². The van der Waals surface area contributed by atoms with Crippen LogP contribution in [0.25, 0.3) is 22.4 Å². The third kappa shape index (κ3) is 4.88. The second-order valence-electron chi connectivity index (χ2n) is 8.62. The molecule has 0 atom stereocenters. The molecule has 0 saturated heterocycles. The van der Waals surface area contributed by atoms with Crippen molar-refractivity contribution < 1.29 is 13.2 Å². The lowest BCUT2D eigenvalue weighted by molar-refractivity contribution is 0.306. The second kappa shape index (κ2) is 8.90. The number of imidazole rings is 1. The van der Waals surface area contributed by atoms with Crippen molar-refractivity contribution in [2.45, 2.75) is 38.3 Å². The Bertz CT molecular complexity index is 1360. The van der Waals surface area contributed by atoms with Gasteiger partial charge in [0.05, 0.1) is 23.0 Å². The van der Waals surface area contributed by atoms with E-state index in [9.17, 15) is 8.42 Å². The van der Waals surface area contributed by atoms with Crippen molar-refractivity contribution in [3.05, 3.63) is 78.4 Å². The van der Waals surface area contributed by atoms with Gasteiger partial charge in [-0.15, -0.1) is 0 Å². The zero-order chi connectivity index (χ0) is 22.8. The normalized spacial score (nSPS) is 14.6. The molecule has 0 unspecified atom stereocenters. The molecular formula is C26H27N3O3S. The monoisotopic (exact) mass is 461 g/mol. The summed E-state index contributed by atoms with van der Waals surface area (Å²) in [7, 11) is -3.35. The molecule has 0 spiro atoms. The van der Waals surface area contributed by atoms with Gasteiger partial charge in [-0.1, -0.05) is 43.2 Å². The number of rotatable bonds is 7. The van der Waals surface area contributed by atoms with Crippen LogP contribution in [0.1, 0.15) is 37.3 Å². The first-order valence-corrected chi connectivity index (χ1v) is 13.1. The van der Waals surface area contributed by atoms with Gasteiger partial charge in [-0.05, 0) is 60.9 Å². The maximum Gasteiger partial charge on any atom is 0.229 e. The number of fused-ring (bicyclic) bond motifs is 1. The lowest BCUT2D eigenvalue weighted by Crippen LogP contribution is -2.09. The number of hydrogen-bond acceptors (Lipinski definition) is 4. The third-order valence-corrected chi connectivity index (χ3v) is 6.65. The van der Waals surface area contributed by atoms with Crippen LogP contribution >= 0.6 is 0 Å². The van der Waals surface area contributed by atoms with E-state index in [-0.39, 0.29) is 0 Å². The number of nitrogens with zero attached hydrogens (tertiary/aromatic N) is 2. The van der Waals surface area contributed by atoms with E-state index >= 15 is 0 Å². The zero-order valence-electron chi connectivity index (χ0n) is 18.6. The predicted molar refractivity (Wildman–Crippen MR) is 132 cm³/mol. The number of ether oxygens (including phenoxy) is 1. The highest BCUT2D eigenvalue weighted by Gasteiger charge is 2.23. The summed E-state index contributed by atoms with van der Waals surface area (Å²) >= 11 is 0. The molecule has 0 amide bonds. The fourth-order valence-electron chi connectivity index (χ4n) is 4.55. The Morgan fingerprint density at radius 3 is 2.42 bits per heavy atom. The van der Waals surface area contributed by atoms with Crippen molar-refractivity contribution >= 4 is 26.7 Å². The summed E-state index contributed by atoms with van der Waals surface area (Å²) in [6.07, 6.45) is 5.83. The van der Waals surface area contributed by atoms with Crippen LogP contribution in [0.5, 0.6) is 5.75 Å². The average Bonchev–Trinajstić information content (AvgIpc) is 3.45. The van der Waals surface area contributed by atoms with Crippen molar-refractivity contribution in [1.82, 2.24) is 9.55 Å². The molecular weight excluding hydrogens is 434 g/mol. The second-order valence-corrected chi connectivity index (χ2v) is 10.4. The van der Waals surface area contributed by atoms with Crippen LogP contribution in [0.15, 0.2) is 72.8 Å². The number of aromatic nitrogens is 2. The highest BCUT2D eigenvalue weighted by atomic mass is 32.2. The average molecular weight is 462 g/mol. The Morgan fingerprint density at radius 1 is 1.00 bits per heavy atom. The smallest absolute Gasteiger partial charge is 0.229 e. The Balaban J connectivity index is 1.47. The van der Waals surface area contributed by atoms with Crippen molar-refractivity contribution in [3.8, 4) is 17.1 Å². The van der Waals surface area contributed by atoms with Gasteiger partial charge in [0.15, 0.2) is 0 Å². The summed E-state index contributed by atoms with van der Waals surface area (Å²) in [5.41, 5.74) is 4.48. The van der Waals surface area contributed by atoms with Gasteiger partial charge in [-0.3, -0.25) is 4.72 Å². The van der Waals surface area contributed by atoms with Crippen molar-refractivity contribution in [2.24, 2.45) is 0 Å². The molecule has 4 aromatic rings. The molecule has 1 fully saturated rings. The topological polar surface area (TPSA) is 73.2 Å². The van der Waals surface area contributed by atoms with Crippen LogP contribution in [-0.4, -0.2) is 24.2 Å². The van der Waals surface area contributed by atoms with Crippen molar-refractivity contribution in [1.29, 1.82) is 0 Å². The third-order valence-electron chi connectivity index (χ3n) is 6.04. The molecule has 0 aliphatic heterocycles. The molecule has 1 aliphatic rings. The Hall–Kier alpha value is -3.32. The quantitative estimate of drug-likeness (QED) is 0.379. The van der Waals surface area contributed by atoms with Gasteiger partial charge in [-0.2, -0.15) is 0 Å². The fourth-order valence-corrected chi connectivity index (χ4v) is 5.11. The van der Waals surface area contributed by atoms with E-state index in [0.29, 0.717) is 18.3 Å². The summed E-state index contributed by atoms with van der Waals surface area (Å²) < 4.78 is 34.2. The minimum atomic E-state index is -3.35. The van der Waals surface area contributed by atoms with Crippen molar-refractivity contribution in [2.75, 3.05) is 11.0 Å². The first-order valence-electron chi connectivity index (χ1n) is 11.2. The van der Waals surface area contributed by atoms with Crippen LogP contribution in [0, 0.1) is 0 Å². The fraction of sp³-hybridized carbons (Fsp3) is 0.269. The Labute approximate surface area is 194 Å². The maximum absolute atomic E-state index is 11.7. The molecule has 7 heteroatoms. The van der Waals surface area contributed by atoms with Gasteiger partial charge in [-0.25, -0.2) is 13.4 Å². The SMILES string of the molecule is CS(=O)(=O)Nc1ccc2c(c1)nc(-c1ccc(OCc3ccccc3)cc1)n2C1CCCC1. The zero-order valence-corrected chi connectivity index (χ0v) is 19.4. The van der Waals surface area contributed by atoms with E-state index in [4.69, 9.17) is 9.72 Å². The molecule has 6 nitrogen and oxygen atoms in total. The van der Waals surface area contributed by atoms with Gasteiger partial charge in [0.2, 0.25) is 10.0 Å². The summed E-state index contributed by atoms with van der Waals surface area (Å²) in [6, 6.07) is 24.1. The highest BCUT2D eigenvalue weighted by molar-refractivity contribution is 7.92. The summed E-state index contributed by atoms with van der Waals surface area (Å²) in [4.78, 5) is 4.93. The van der Waals surface area contributed by atoms with Crippen LogP contribution in [-0.2, 0) is 16.6 Å². The van der Waals surface area contributed by atoms with Crippen molar-refractivity contribution in [3.63, 3.8) is 0 Å². The molecule has 1 N–H and O–H groups in total. The predicted octanol–water partition coefficient (Wildman–Crippen LogP) is 5.77. The lowest BCUT2D eigenvalue weighted by atomic mass is 10.1.